The standard InChI is InChI=1S/C18H16ClN3O3S/c1-11-8-13(22-25-11)10-26-18-14(4-3-7-20-18)17(23)21-12-5-6-16(24-2)15(19)9-12/h3-9H,10H2,1-2H3,(H,21,23). The van der Waals surface area contributed by atoms with Crippen LogP contribution in [-0.4, -0.2) is 23.2 Å². The lowest BCUT2D eigenvalue weighted by atomic mass is 10.2. The molecule has 1 N–H and O–H groups in total. The summed E-state index contributed by atoms with van der Waals surface area (Å²) in [5, 5.41) is 7.81. The van der Waals surface area contributed by atoms with E-state index in [0.29, 0.717) is 32.8 Å². The first-order valence-electron chi connectivity index (χ1n) is 7.71. The van der Waals surface area contributed by atoms with Crippen LogP contribution < -0.4 is 10.1 Å². The number of ether oxygens (including phenoxy) is 1. The zero-order valence-corrected chi connectivity index (χ0v) is 15.7. The van der Waals surface area contributed by atoms with Crippen LogP contribution in [0.1, 0.15) is 21.8 Å². The summed E-state index contributed by atoms with van der Waals surface area (Å²) in [6, 6.07) is 10.4. The Morgan fingerprint density at radius 2 is 2.19 bits per heavy atom. The largest absolute Gasteiger partial charge is 0.495 e. The van der Waals surface area contributed by atoms with Gasteiger partial charge < -0.3 is 14.6 Å². The molecule has 0 radical (unpaired) electrons. The van der Waals surface area contributed by atoms with E-state index < -0.39 is 0 Å². The number of carbonyl (C=O) groups excluding carboxylic acids is 1. The van der Waals surface area contributed by atoms with E-state index in [1.54, 1.807) is 36.5 Å². The van der Waals surface area contributed by atoms with E-state index in [4.69, 9.17) is 20.9 Å². The number of aryl methyl sites for hydroxylation is 1. The molecule has 0 saturated carbocycles. The molecule has 0 fully saturated rings. The van der Waals surface area contributed by atoms with Crippen LogP contribution in [0.3, 0.4) is 0 Å². The van der Waals surface area contributed by atoms with Crippen LogP contribution in [0.15, 0.2) is 52.1 Å². The molecule has 3 aromatic rings. The van der Waals surface area contributed by atoms with Crippen molar-refractivity contribution in [1.29, 1.82) is 0 Å². The minimum atomic E-state index is -0.266. The monoisotopic (exact) mass is 389 g/mol. The van der Waals surface area contributed by atoms with Gasteiger partial charge >= 0.3 is 0 Å². The van der Waals surface area contributed by atoms with E-state index in [2.05, 4.69) is 15.5 Å². The van der Waals surface area contributed by atoms with Crippen LogP contribution in [0.2, 0.25) is 5.02 Å². The molecule has 6 nitrogen and oxygen atoms in total. The van der Waals surface area contributed by atoms with Crippen molar-refractivity contribution in [3.05, 3.63) is 64.6 Å². The van der Waals surface area contributed by atoms with Gasteiger partial charge in [0.1, 0.15) is 16.5 Å². The average Bonchev–Trinajstić information content (AvgIpc) is 3.05. The van der Waals surface area contributed by atoms with Crippen LogP contribution in [0.5, 0.6) is 5.75 Å². The van der Waals surface area contributed by atoms with Gasteiger partial charge in [-0.15, -0.1) is 0 Å². The Bertz CT molecular complexity index is 930. The third kappa shape index (κ3) is 4.36. The maximum absolute atomic E-state index is 12.6. The number of pyridine rings is 1. The molecule has 2 heterocycles. The second-order valence-electron chi connectivity index (χ2n) is 5.38. The number of thioether (sulfide) groups is 1. The van der Waals surface area contributed by atoms with Crippen LogP contribution in [-0.2, 0) is 5.75 Å². The molecule has 2 aromatic heterocycles. The maximum Gasteiger partial charge on any atom is 0.258 e. The fourth-order valence-electron chi connectivity index (χ4n) is 2.25. The molecule has 8 heteroatoms. The molecule has 0 unspecified atom stereocenters. The molecule has 0 aliphatic carbocycles. The number of halogens is 1. The molecule has 0 saturated heterocycles. The van der Waals surface area contributed by atoms with E-state index in [1.807, 2.05) is 13.0 Å². The summed E-state index contributed by atoms with van der Waals surface area (Å²) in [6.07, 6.45) is 1.65. The Morgan fingerprint density at radius 1 is 1.35 bits per heavy atom. The summed E-state index contributed by atoms with van der Waals surface area (Å²) < 4.78 is 10.2. The first-order valence-corrected chi connectivity index (χ1v) is 9.08. The number of anilines is 1. The fourth-order valence-corrected chi connectivity index (χ4v) is 3.38. The fraction of sp³-hybridized carbons (Fsp3) is 0.167. The van der Waals surface area contributed by atoms with Crippen LogP contribution >= 0.6 is 23.4 Å². The van der Waals surface area contributed by atoms with E-state index in [-0.39, 0.29) is 5.91 Å². The quantitative estimate of drug-likeness (QED) is 0.621. The predicted molar refractivity (Wildman–Crippen MR) is 101 cm³/mol. The molecular weight excluding hydrogens is 374 g/mol. The van der Waals surface area contributed by atoms with Crippen molar-refractivity contribution in [3.63, 3.8) is 0 Å². The molecule has 0 aliphatic rings. The molecule has 1 aromatic carbocycles. The lowest BCUT2D eigenvalue weighted by Crippen LogP contribution is -2.13. The lowest BCUT2D eigenvalue weighted by Gasteiger charge is -2.10. The molecule has 1 amide bonds. The van der Waals surface area contributed by atoms with Gasteiger partial charge in [-0.05, 0) is 37.3 Å². The minimum Gasteiger partial charge on any atom is -0.495 e. The molecule has 0 spiro atoms. The highest BCUT2D eigenvalue weighted by Crippen LogP contribution is 2.28. The molecule has 3 rings (SSSR count). The molecule has 134 valence electrons. The number of amides is 1. The van der Waals surface area contributed by atoms with Gasteiger partial charge in [0, 0.05) is 23.7 Å². The van der Waals surface area contributed by atoms with Crippen molar-refractivity contribution in [2.45, 2.75) is 17.7 Å². The van der Waals surface area contributed by atoms with Crippen molar-refractivity contribution >= 4 is 35.0 Å². The summed E-state index contributed by atoms with van der Waals surface area (Å²) >= 11 is 7.52. The molecule has 0 bridgehead atoms. The smallest absolute Gasteiger partial charge is 0.258 e. The summed E-state index contributed by atoms with van der Waals surface area (Å²) in [4.78, 5) is 16.9. The second kappa shape index (κ2) is 8.25. The van der Waals surface area contributed by atoms with Gasteiger partial charge in [-0.25, -0.2) is 4.98 Å². The zero-order valence-electron chi connectivity index (χ0n) is 14.2. The van der Waals surface area contributed by atoms with Gasteiger partial charge in [-0.1, -0.05) is 28.5 Å². The molecule has 26 heavy (non-hydrogen) atoms. The summed E-state index contributed by atoms with van der Waals surface area (Å²) in [5.41, 5.74) is 1.85. The zero-order chi connectivity index (χ0) is 18.5. The number of hydrogen-bond donors (Lipinski definition) is 1. The van der Waals surface area contributed by atoms with Crippen LogP contribution in [0.25, 0.3) is 0 Å². The van der Waals surface area contributed by atoms with Gasteiger partial charge in [0.25, 0.3) is 5.91 Å². The number of rotatable bonds is 6. The number of aromatic nitrogens is 2. The number of nitrogens with zero attached hydrogens (tertiary/aromatic N) is 2. The van der Waals surface area contributed by atoms with E-state index >= 15 is 0 Å². The predicted octanol–water partition coefficient (Wildman–Crippen LogP) is 4.58. The highest BCUT2D eigenvalue weighted by Gasteiger charge is 2.14. The van der Waals surface area contributed by atoms with Crippen molar-refractivity contribution in [2.24, 2.45) is 0 Å². The number of benzene rings is 1. The van der Waals surface area contributed by atoms with E-state index in [0.717, 1.165) is 11.5 Å². The van der Waals surface area contributed by atoms with Crippen molar-refractivity contribution < 1.29 is 14.1 Å². The van der Waals surface area contributed by atoms with Crippen molar-refractivity contribution in [3.8, 4) is 5.75 Å². The van der Waals surface area contributed by atoms with Crippen molar-refractivity contribution in [2.75, 3.05) is 12.4 Å². The Hall–Kier alpha value is -2.51. The highest BCUT2D eigenvalue weighted by atomic mass is 35.5. The van der Waals surface area contributed by atoms with E-state index in [9.17, 15) is 4.79 Å². The minimum absolute atomic E-state index is 0.266. The molecule has 0 aliphatic heterocycles. The second-order valence-corrected chi connectivity index (χ2v) is 6.75. The van der Waals surface area contributed by atoms with Crippen LogP contribution in [0.4, 0.5) is 5.69 Å². The Morgan fingerprint density at radius 3 is 2.88 bits per heavy atom. The number of carbonyl (C=O) groups is 1. The topological polar surface area (TPSA) is 77.2 Å². The molecular formula is C18H16ClN3O3S. The Kier molecular flexibility index (Phi) is 5.80. The van der Waals surface area contributed by atoms with Gasteiger partial charge in [-0.2, -0.15) is 0 Å². The number of nitrogens with one attached hydrogen (secondary N) is 1. The van der Waals surface area contributed by atoms with Crippen molar-refractivity contribution in [1.82, 2.24) is 10.1 Å². The van der Waals surface area contributed by atoms with Gasteiger partial charge in [0.2, 0.25) is 0 Å². The summed E-state index contributed by atoms with van der Waals surface area (Å²) in [6.45, 7) is 1.83. The van der Waals surface area contributed by atoms with E-state index in [1.165, 1.54) is 18.9 Å². The van der Waals surface area contributed by atoms with Gasteiger partial charge in [0.05, 0.1) is 23.4 Å². The summed E-state index contributed by atoms with van der Waals surface area (Å²) in [5.74, 6) is 1.59. The number of hydrogen-bond acceptors (Lipinski definition) is 6. The average molecular weight is 390 g/mol. The summed E-state index contributed by atoms with van der Waals surface area (Å²) in [7, 11) is 1.54. The maximum atomic E-state index is 12.6. The lowest BCUT2D eigenvalue weighted by molar-refractivity contribution is 0.102. The third-order valence-electron chi connectivity index (χ3n) is 3.46. The Balaban J connectivity index is 1.74. The number of methoxy groups -OCH3 is 1. The van der Waals surface area contributed by atoms with Crippen LogP contribution in [0, 0.1) is 6.92 Å². The SMILES string of the molecule is COc1ccc(NC(=O)c2cccnc2SCc2cc(C)on2)cc1Cl. The molecule has 0 atom stereocenters. The first-order chi connectivity index (χ1) is 12.6. The van der Waals surface area contributed by atoms with Gasteiger partial charge in [0.15, 0.2) is 0 Å². The normalized spacial score (nSPS) is 10.6. The third-order valence-corrected chi connectivity index (χ3v) is 4.79. The van der Waals surface area contributed by atoms with Gasteiger partial charge in [-0.3, -0.25) is 4.79 Å². The first kappa shape index (κ1) is 18.3. The highest BCUT2D eigenvalue weighted by molar-refractivity contribution is 7.98. The Labute approximate surface area is 159 Å².